The van der Waals surface area contributed by atoms with E-state index in [0.717, 1.165) is 0 Å². The summed E-state index contributed by atoms with van der Waals surface area (Å²) in [5.41, 5.74) is 1.36. The highest BCUT2D eigenvalue weighted by Gasteiger charge is 2.44. The lowest BCUT2D eigenvalue weighted by molar-refractivity contribution is 0.0214. The van der Waals surface area contributed by atoms with E-state index in [0.29, 0.717) is 16.2 Å². The average Bonchev–Trinajstić information content (AvgIpc) is 1.98. The molecule has 0 spiro atoms. The smallest absolute Gasteiger partial charge is 0.0111 e. The van der Waals surface area contributed by atoms with Gasteiger partial charge in [-0.05, 0) is 41.9 Å². The fourth-order valence-electron chi connectivity index (χ4n) is 4.31. The maximum Gasteiger partial charge on any atom is -0.0111 e. The van der Waals surface area contributed by atoms with Crippen LogP contribution in [0.1, 0.15) is 66.7 Å². The molecular weight excluding hydrogens is 180 g/mol. The molecule has 0 unspecified atom stereocenters. The van der Waals surface area contributed by atoms with Crippen molar-refractivity contribution in [3.8, 4) is 0 Å². The van der Waals surface area contributed by atoms with E-state index in [2.05, 4.69) is 47.3 Å². The monoisotopic (exact) mass is 208 g/mol. The summed E-state index contributed by atoms with van der Waals surface area (Å²) in [6.07, 6.45) is 8.82. The molecule has 0 heteroatoms. The molecule has 0 aliphatic heterocycles. The molecule has 0 nitrogen and oxygen atoms in total. The Morgan fingerprint density at radius 1 is 1.00 bits per heavy atom. The van der Waals surface area contributed by atoms with Gasteiger partial charge in [0.25, 0.3) is 0 Å². The molecule has 0 heterocycles. The highest BCUT2D eigenvalue weighted by Crippen LogP contribution is 2.56. The van der Waals surface area contributed by atoms with Gasteiger partial charge in [-0.2, -0.15) is 0 Å². The Morgan fingerprint density at radius 2 is 1.47 bits per heavy atom. The zero-order valence-electron chi connectivity index (χ0n) is 11.3. The Bertz CT molecular complexity index is 216. The standard InChI is InChI=1S/C15H28/c1-7-9-15(8-2)11-13(3,4)10-14(5,6)12-15/h8H,2,7,9-12H2,1,3-6H3. The van der Waals surface area contributed by atoms with Crippen LogP contribution in [0.2, 0.25) is 0 Å². The van der Waals surface area contributed by atoms with Gasteiger partial charge >= 0.3 is 0 Å². The molecule has 0 aromatic heterocycles. The van der Waals surface area contributed by atoms with Crippen molar-refractivity contribution in [1.29, 1.82) is 0 Å². The molecule has 1 fully saturated rings. The Morgan fingerprint density at radius 3 is 1.80 bits per heavy atom. The summed E-state index contributed by atoms with van der Waals surface area (Å²) in [7, 11) is 0. The summed E-state index contributed by atoms with van der Waals surface area (Å²) >= 11 is 0. The van der Waals surface area contributed by atoms with Gasteiger partial charge in [0.05, 0.1) is 0 Å². The second kappa shape index (κ2) is 3.96. The van der Waals surface area contributed by atoms with Gasteiger partial charge in [-0.15, -0.1) is 6.58 Å². The van der Waals surface area contributed by atoms with Gasteiger partial charge in [0.2, 0.25) is 0 Å². The SMILES string of the molecule is C=CC1(CCC)CC(C)(C)CC(C)(C)C1. The van der Waals surface area contributed by atoms with Crippen molar-refractivity contribution < 1.29 is 0 Å². The predicted molar refractivity (Wildman–Crippen MR) is 69.0 cm³/mol. The highest BCUT2D eigenvalue weighted by molar-refractivity contribution is 5.05. The first kappa shape index (κ1) is 12.8. The van der Waals surface area contributed by atoms with Crippen LogP contribution in [0.15, 0.2) is 12.7 Å². The lowest BCUT2D eigenvalue weighted by Crippen LogP contribution is -2.40. The van der Waals surface area contributed by atoms with Crippen molar-refractivity contribution in [1.82, 2.24) is 0 Å². The quantitative estimate of drug-likeness (QED) is 0.559. The predicted octanol–water partition coefficient (Wildman–Crippen LogP) is 5.20. The minimum Gasteiger partial charge on any atom is -0.103 e. The van der Waals surface area contributed by atoms with Gasteiger partial charge in [-0.3, -0.25) is 0 Å². The van der Waals surface area contributed by atoms with Crippen LogP contribution in [0.3, 0.4) is 0 Å². The fourth-order valence-corrected chi connectivity index (χ4v) is 4.31. The first-order chi connectivity index (χ1) is 6.74. The average molecular weight is 208 g/mol. The largest absolute Gasteiger partial charge is 0.103 e. The summed E-state index contributed by atoms with van der Waals surface area (Å²) in [5.74, 6) is 0. The van der Waals surface area contributed by atoms with E-state index in [-0.39, 0.29) is 0 Å². The number of hydrogen-bond acceptors (Lipinski definition) is 0. The second-order valence-corrected chi connectivity index (χ2v) is 7.18. The molecule has 0 saturated heterocycles. The summed E-state index contributed by atoms with van der Waals surface area (Å²) < 4.78 is 0. The number of rotatable bonds is 3. The topological polar surface area (TPSA) is 0 Å². The van der Waals surface area contributed by atoms with Crippen molar-refractivity contribution in [3.05, 3.63) is 12.7 Å². The van der Waals surface area contributed by atoms with Gasteiger partial charge in [-0.1, -0.05) is 47.1 Å². The Hall–Kier alpha value is -0.260. The van der Waals surface area contributed by atoms with E-state index in [9.17, 15) is 0 Å². The molecular formula is C15H28. The maximum absolute atomic E-state index is 4.11. The normalized spacial score (nSPS) is 27.3. The Labute approximate surface area is 96.2 Å². The van der Waals surface area contributed by atoms with Crippen molar-refractivity contribution in [2.45, 2.75) is 66.7 Å². The number of allylic oxidation sites excluding steroid dienone is 1. The van der Waals surface area contributed by atoms with E-state index in [1.165, 1.54) is 32.1 Å². The third-order valence-corrected chi connectivity index (χ3v) is 3.80. The molecule has 15 heavy (non-hydrogen) atoms. The van der Waals surface area contributed by atoms with Crippen LogP contribution < -0.4 is 0 Å². The molecule has 88 valence electrons. The first-order valence-electron chi connectivity index (χ1n) is 6.38. The highest BCUT2D eigenvalue weighted by atomic mass is 14.5. The first-order valence-corrected chi connectivity index (χ1v) is 6.38. The van der Waals surface area contributed by atoms with Crippen LogP contribution in [0.25, 0.3) is 0 Å². The molecule has 1 rings (SSSR count). The van der Waals surface area contributed by atoms with Crippen molar-refractivity contribution in [3.63, 3.8) is 0 Å². The van der Waals surface area contributed by atoms with Crippen LogP contribution in [0.4, 0.5) is 0 Å². The number of hydrogen-bond donors (Lipinski definition) is 0. The lowest BCUT2D eigenvalue weighted by atomic mass is 9.54. The van der Waals surface area contributed by atoms with Crippen LogP contribution in [-0.2, 0) is 0 Å². The molecule has 0 aromatic rings. The van der Waals surface area contributed by atoms with E-state index in [1.54, 1.807) is 0 Å². The molecule has 0 radical (unpaired) electrons. The van der Waals surface area contributed by atoms with E-state index >= 15 is 0 Å². The molecule has 0 atom stereocenters. The van der Waals surface area contributed by atoms with Gasteiger partial charge in [0.15, 0.2) is 0 Å². The third-order valence-electron chi connectivity index (χ3n) is 3.80. The minimum absolute atomic E-state index is 0.403. The maximum atomic E-state index is 4.11. The summed E-state index contributed by atoms with van der Waals surface area (Å²) in [6, 6.07) is 0. The van der Waals surface area contributed by atoms with Crippen molar-refractivity contribution in [2.75, 3.05) is 0 Å². The molecule has 0 aromatic carbocycles. The molecule has 0 bridgehead atoms. The van der Waals surface area contributed by atoms with Crippen molar-refractivity contribution >= 4 is 0 Å². The van der Waals surface area contributed by atoms with E-state index in [1.807, 2.05) is 0 Å². The second-order valence-electron chi connectivity index (χ2n) is 7.18. The zero-order chi connectivity index (χ0) is 11.7. The molecule has 1 aliphatic carbocycles. The third kappa shape index (κ3) is 3.09. The fraction of sp³-hybridized carbons (Fsp3) is 0.867. The summed E-state index contributed by atoms with van der Waals surface area (Å²) in [6.45, 7) is 16.1. The lowest BCUT2D eigenvalue weighted by Gasteiger charge is -2.51. The van der Waals surface area contributed by atoms with Gasteiger partial charge in [-0.25, -0.2) is 0 Å². The van der Waals surface area contributed by atoms with Crippen LogP contribution >= 0.6 is 0 Å². The summed E-state index contributed by atoms with van der Waals surface area (Å²) in [5, 5.41) is 0. The van der Waals surface area contributed by atoms with Gasteiger partial charge < -0.3 is 0 Å². The van der Waals surface area contributed by atoms with E-state index in [4.69, 9.17) is 0 Å². The molecule has 1 saturated carbocycles. The Kier molecular flexibility index (Phi) is 3.38. The molecule has 0 amide bonds. The van der Waals surface area contributed by atoms with Gasteiger partial charge in [0, 0.05) is 0 Å². The van der Waals surface area contributed by atoms with Crippen LogP contribution in [-0.4, -0.2) is 0 Å². The van der Waals surface area contributed by atoms with Crippen LogP contribution in [0.5, 0.6) is 0 Å². The van der Waals surface area contributed by atoms with Gasteiger partial charge in [0.1, 0.15) is 0 Å². The van der Waals surface area contributed by atoms with Crippen molar-refractivity contribution in [2.24, 2.45) is 16.2 Å². The molecule has 1 aliphatic rings. The molecule has 0 N–H and O–H groups in total. The zero-order valence-corrected chi connectivity index (χ0v) is 11.3. The minimum atomic E-state index is 0.403. The Balaban J connectivity index is 2.94. The summed E-state index contributed by atoms with van der Waals surface area (Å²) in [4.78, 5) is 0. The van der Waals surface area contributed by atoms with E-state index < -0.39 is 0 Å². The van der Waals surface area contributed by atoms with Crippen LogP contribution in [0, 0.1) is 16.2 Å².